The second-order valence-corrected chi connectivity index (χ2v) is 9.62. The molecular weight excluding hydrogens is 467 g/mol. The van der Waals surface area contributed by atoms with Gasteiger partial charge in [0.2, 0.25) is 10.0 Å². The summed E-state index contributed by atoms with van der Waals surface area (Å²) in [4.78, 5) is 27.3. The lowest BCUT2D eigenvalue weighted by Gasteiger charge is -2.31. The molecule has 10 nitrogen and oxygen atoms in total. The number of morpholine rings is 2. The molecule has 2 N–H and O–H groups in total. The summed E-state index contributed by atoms with van der Waals surface area (Å²) < 4.78 is 52.1. The van der Waals surface area contributed by atoms with Gasteiger partial charge in [0.25, 0.3) is 11.8 Å². The maximum atomic E-state index is 13.9. The monoisotopic (exact) mass is 492 g/mol. The van der Waals surface area contributed by atoms with E-state index in [-0.39, 0.29) is 29.1 Å². The average molecular weight is 493 g/mol. The molecule has 0 bridgehead atoms. The molecule has 2 saturated heterocycles. The zero-order valence-corrected chi connectivity index (χ0v) is 19.1. The molecule has 2 aromatic carbocycles. The summed E-state index contributed by atoms with van der Waals surface area (Å²) in [6, 6.07) is 9.69. The molecule has 0 saturated carbocycles. The number of hydrogen-bond donors (Lipinski definition) is 2. The molecule has 182 valence electrons. The number of nitrogens with one attached hydrogen (secondary N) is 2. The lowest BCUT2D eigenvalue weighted by atomic mass is 10.1. The lowest BCUT2D eigenvalue weighted by Crippen LogP contribution is -2.44. The number of carbonyl (C=O) groups is 2. The molecule has 2 aromatic rings. The minimum Gasteiger partial charge on any atom is -0.379 e. The number of hydrogen-bond acceptors (Lipinski definition) is 7. The molecule has 0 atom stereocenters. The van der Waals surface area contributed by atoms with Crippen LogP contribution in [0.2, 0.25) is 0 Å². The van der Waals surface area contributed by atoms with E-state index in [0.717, 1.165) is 6.07 Å². The van der Waals surface area contributed by atoms with Gasteiger partial charge in [-0.05, 0) is 30.3 Å². The van der Waals surface area contributed by atoms with Gasteiger partial charge in [0.1, 0.15) is 5.82 Å². The summed E-state index contributed by atoms with van der Waals surface area (Å²) in [6.45, 7) is 2.95. The van der Waals surface area contributed by atoms with Crippen LogP contribution in [0, 0.1) is 5.82 Å². The summed E-state index contributed by atoms with van der Waals surface area (Å²) in [7, 11) is -3.85. The highest BCUT2D eigenvalue weighted by Crippen LogP contribution is 2.27. The Morgan fingerprint density at radius 3 is 2.06 bits per heavy atom. The summed E-state index contributed by atoms with van der Waals surface area (Å²) in [5.74, 6) is -2.30. The fourth-order valence-electron chi connectivity index (χ4n) is 3.77. The molecule has 2 aliphatic rings. The predicted octanol–water partition coefficient (Wildman–Crippen LogP) is 0.758. The van der Waals surface area contributed by atoms with E-state index in [1.807, 2.05) is 4.90 Å². The first-order valence-electron chi connectivity index (χ1n) is 10.8. The van der Waals surface area contributed by atoms with Crippen molar-refractivity contribution in [1.82, 2.24) is 15.2 Å². The third kappa shape index (κ3) is 5.20. The standard InChI is InChI=1S/C22H25FN4O6S/c23-19-4-2-1-3-17(19)21(28)24-25-22(29)18-15-16(34(30,31)27-9-13-33-14-10-27)5-6-20(18)26-7-11-32-12-8-26/h1-6,15H,7-14H2,(H,24,28)(H,25,29). The molecule has 12 heteroatoms. The topological polar surface area (TPSA) is 117 Å². The summed E-state index contributed by atoms with van der Waals surface area (Å²) in [5, 5.41) is 0. The van der Waals surface area contributed by atoms with Gasteiger partial charge in [-0.15, -0.1) is 0 Å². The number of anilines is 1. The quantitative estimate of drug-likeness (QED) is 0.592. The van der Waals surface area contributed by atoms with Crippen molar-refractivity contribution in [3.05, 3.63) is 59.4 Å². The summed E-state index contributed by atoms with van der Waals surface area (Å²) in [6.07, 6.45) is 0. The summed E-state index contributed by atoms with van der Waals surface area (Å²) >= 11 is 0. The first kappa shape index (κ1) is 24.1. The number of ether oxygens (including phenoxy) is 2. The number of benzene rings is 2. The SMILES string of the molecule is O=C(NNC(=O)c1cc(S(=O)(=O)N2CCOCC2)ccc1N1CCOCC1)c1ccccc1F. The van der Waals surface area contributed by atoms with Crippen molar-refractivity contribution in [3.63, 3.8) is 0 Å². The van der Waals surface area contributed by atoms with Gasteiger partial charge in [-0.3, -0.25) is 20.4 Å². The number of nitrogens with zero attached hydrogens (tertiary/aromatic N) is 2. The Morgan fingerprint density at radius 2 is 1.41 bits per heavy atom. The molecule has 2 heterocycles. The lowest BCUT2D eigenvalue weighted by molar-refractivity contribution is 0.0730. The van der Waals surface area contributed by atoms with Crippen LogP contribution in [-0.4, -0.2) is 77.1 Å². The molecule has 0 spiro atoms. The maximum Gasteiger partial charge on any atom is 0.272 e. The van der Waals surface area contributed by atoms with Crippen molar-refractivity contribution in [2.45, 2.75) is 4.90 Å². The number of amides is 2. The van der Waals surface area contributed by atoms with E-state index < -0.39 is 27.7 Å². The molecule has 4 rings (SSSR count). The second kappa shape index (κ2) is 10.5. The number of carbonyl (C=O) groups excluding carboxylic acids is 2. The van der Waals surface area contributed by atoms with Crippen LogP contribution in [0.3, 0.4) is 0 Å². The van der Waals surface area contributed by atoms with Crippen LogP contribution in [0.4, 0.5) is 10.1 Å². The van der Waals surface area contributed by atoms with Gasteiger partial charge < -0.3 is 14.4 Å². The highest BCUT2D eigenvalue weighted by molar-refractivity contribution is 7.89. The van der Waals surface area contributed by atoms with Crippen molar-refractivity contribution < 1.29 is 31.9 Å². The number of hydrazine groups is 1. The normalized spacial score (nSPS) is 17.3. The van der Waals surface area contributed by atoms with E-state index >= 15 is 0 Å². The van der Waals surface area contributed by atoms with Crippen LogP contribution in [0.15, 0.2) is 47.4 Å². The molecule has 2 fully saturated rings. The van der Waals surface area contributed by atoms with E-state index in [1.165, 1.54) is 34.6 Å². The smallest absolute Gasteiger partial charge is 0.272 e. The third-order valence-electron chi connectivity index (χ3n) is 5.58. The number of halogens is 1. The van der Waals surface area contributed by atoms with Gasteiger partial charge in [-0.25, -0.2) is 12.8 Å². The van der Waals surface area contributed by atoms with Gasteiger partial charge in [0.15, 0.2) is 0 Å². The van der Waals surface area contributed by atoms with Gasteiger partial charge in [-0.2, -0.15) is 4.31 Å². The Labute approximate surface area is 196 Å². The van der Waals surface area contributed by atoms with Crippen molar-refractivity contribution in [2.75, 3.05) is 57.5 Å². The number of sulfonamides is 1. The predicted molar refractivity (Wildman–Crippen MR) is 120 cm³/mol. The highest BCUT2D eigenvalue weighted by Gasteiger charge is 2.29. The van der Waals surface area contributed by atoms with E-state index in [2.05, 4.69) is 10.9 Å². The van der Waals surface area contributed by atoms with Crippen LogP contribution in [-0.2, 0) is 19.5 Å². The number of rotatable bonds is 5. The van der Waals surface area contributed by atoms with E-state index in [0.29, 0.717) is 45.2 Å². The molecule has 34 heavy (non-hydrogen) atoms. The molecule has 0 unspecified atom stereocenters. The van der Waals surface area contributed by atoms with Gasteiger partial charge in [0, 0.05) is 31.9 Å². The van der Waals surface area contributed by atoms with Gasteiger partial charge in [-0.1, -0.05) is 12.1 Å². The zero-order chi connectivity index (χ0) is 24.1. The zero-order valence-electron chi connectivity index (χ0n) is 18.3. The first-order valence-corrected chi connectivity index (χ1v) is 12.2. The summed E-state index contributed by atoms with van der Waals surface area (Å²) in [5.41, 5.74) is 4.79. The van der Waals surface area contributed by atoms with Crippen LogP contribution in [0.1, 0.15) is 20.7 Å². The Kier molecular flexibility index (Phi) is 7.41. The van der Waals surface area contributed by atoms with E-state index in [1.54, 1.807) is 6.07 Å². The highest BCUT2D eigenvalue weighted by atomic mass is 32.2. The molecule has 0 radical (unpaired) electrons. The average Bonchev–Trinajstić information content (AvgIpc) is 2.88. The third-order valence-corrected chi connectivity index (χ3v) is 7.47. The molecular formula is C22H25FN4O6S. The van der Waals surface area contributed by atoms with Gasteiger partial charge in [0.05, 0.1) is 42.4 Å². The van der Waals surface area contributed by atoms with Crippen LogP contribution < -0.4 is 15.8 Å². The van der Waals surface area contributed by atoms with Crippen molar-refractivity contribution in [1.29, 1.82) is 0 Å². The minimum absolute atomic E-state index is 0.0445. The van der Waals surface area contributed by atoms with Crippen molar-refractivity contribution in [3.8, 4) is 0 Å². The van der Waals surface area contributed by atoms with Crippen LogP contribution in [0.25, 0.3) is 0 Å². The minimum atomic E-state index is -3.85. The molecule has 0 aromatic heterocycles. The Morgan fingerprint density at radius 1 is 0.824 bits per heavy atom. The second-order valence-electron chi connectivity index (χ2n) is 7.68. The Bertz CT molecular complexity index is 1160. The van der Waals surface area contributed by atoms with Crippen molar-refractivity contribution >= 4 is 27.5 Å². The van der Waals surface area contributed by atoms with E-state index in [9.17, 15) is 22.4 Å². The molecule has 0 aliphatic carbocycles. The Hall–Kier alpha value is -3.06. The molecule has 2 amide bonds. The van der Waals surface area contributed by atoms with Gasteiger partial charge >= 0.3 is 0 Å². The molecule has 2 aliphatic heterocycles. The van der Waals surface area contributed by atoms with Crippen LogP contribution in [0.5, 0.6) is 0 Å². The Balaban J connectivity index is 1.61. The van der Waals surface area contributed by atoms with Crippen molar-refractivity contribution in [2.24, 2.45) is 0 Å². The van der Waals surface area contributed by atoms with Crippen LogP contribution >= 0.6 is 0 Å². The fraction of sp³-hybridized carbons (Fsp3) is 0.364. The largest absolute Gasteiger partial charge is 0.379 e. The maximum absolute atomic E-state index is 13.9. The fourth-order valence-corrected chi connectivity index (χ4v) is 5.20. The first-order chi connectivity index (χ1) is 16.4. The van der Waals surface area contributed by atoms with E-state index in [4.69, 9.17) is 9.47 Å².